The maximum absolute atomic E-state index is 6.56. The third-order valence-corrected chi connectivity index (χ3v) is 4.51. The lowest BCUT2D eigenvalue weighted by atomic mass is 10.1. The number of benzene rings is 1. The Morgan fingerprint density at radius 2 is 1.94 bits per heavy atom. The van der Waals surface area contributed by atoms with Gasteiger partial charge in [0, 0.05) is 14.7 Å². The first-order valence-corrected chi connectivity index (χ1v) is 7.48. The van der Waals surface area contributed by atoms with E-state index in [4.69, 9.17) is 16.6 Å². The van der Waals surface area contributed by atoms with Crippen LogP contribution in [0.1, 0.15) is 30.5 Å². The van der Waals surface area contributed by atoms with Crippen LogP contribution in [0.5, 0.6) is 0 Å². The monoisotopic (exact) mass is 357 g/mol. The van der Waals surface area contributed by atoms with Crippen LogP contribution in [0.25, 0.3) is 10.9 Å². The van der Waals surface area contributed by atoms with Crippen molar-refractivity contribution in [1.29, 1.82) is 0 Å². The van der Waals surface area contributed by atoms with Crippen LogP contribution in [-0.4, -0.2) is 4.98 Å². The van der Waals surface area contributed by atoms with Gasteiger partial charge in [-0.05, 0) is 72.0 Å². The number of halogens is 2. The van der Waals surface area contributed by atoms with Gasteiger partial charge in [-0.25, -0.2) is 0 Å². The molecule has 3 heteroatoms. The summed E-state index contributed by atoms with van der Waals surface area (Å²) in [5.41, 5.74) is 3.55. The van der Waals surface area contributed by atoms with Gasteiger partial charge in [-0.15, -0.1) is 0 Å². The average Bonchev–Trinajstić information content (AvgIpc) is 2.56. The summed E-state index contributed by atoms with van der Waals surface area (Å²) in [7, 11) is 0. The van der Waals surface area contributed by atoms with Crippen LogP contribution >= 0.6 is 34.2 Å². The second kappa shape index (κ2) is 4.73. The predicted octanol–water partition coefficient (Wildman–Crippen LogP) is 4.76. The first-order valence-electron chi connectivity index (χ1n) is 6.02. The molecule has 1 nitrogen and oxygen atoms in total. The van der Waals surface area contributed by atoms with E-state index in [0.717, 1.165) is 28.8 Å². The summed E-state index contributed by atoms with van der Waals surface area (Å²) in [5.74, 6) is 0. The Kier molecular flexibility index (Phi) is 3.26. The molecule has 0 unspecified atom stereocenters. The van der Waals surface area contributed by atoms with Crippen molar-refractivity contribution >= 4 is 45.1 Å². The molecule has 0 atom stereocenters. The summed E-state index contributed by atoms with van der Waals surface area (Å²) in [6.07, 6.45) is 5.94. The van der Waals surface area contributed by atoms with Crippen molar-refractivity contribution < 1.29 is 0 Å². The normalized spacial score (nSPS) is 15.6. The molecule has 1 heterocycles. The van der Waals surface area contributed by atoms with E-state index in [9.17, 15) is 0 Å². The first kappa shape index (κ1) is 11.7. The van der Waals surface area contributed by atoms with E-state index >= 15 is 0 Å². The molecular formula is C14H13ClIN. The minimum absolute atomic E-state index is 0.936. The van der Waals surface area contributed by atoms with Gasteiger partial charge in [0.2, 0.25) is 0 Å². The van der Waals surface area contributed by atoms with Crippen molar-refractivity contribution in [2.24, 2.45) is 0 Å². The molecule has 3 rings (SSSR count). The third-order valence-electron chi connectivity index (χ3n) is 3.40. The van der Waals surface area contributed by atoms with Crippen LogP contribution in [0.15, 0.2) is 18.2 Å². The molecule has 0 saturated carbocycles. The topological polar surface area (TPSA) is 12.9 Å². The van der Waals surface area contributed by atoms with Crippen molar-refractivity contribution in [1.82, 2.24) is 4.98 Å². The van der Waals surface area contributed by atoms with Crippen molar-refractivity contribution in [3.05, 3.63) is 38.0 Å². The van der Waals surface area contributed by atoms with Gasteiger partial charge in [0.25, 0.3) is 0 Å². The Balaban J connectivity index is 2.29. The van der Waals surface area contributed by atoms with Crippen LogP contribution in [0.4, 0.5) is 0 Å². The Bertz CT molecular complexity index is 580. The molecule has 1 aliphatic rings. The Hall–Kier alpha value is -0.350. The summed E-state index contributed by atoms with van der Waals surface area (Å²) < 4.78 is 1.22. The smallest absolute Gasteiger partial charge is 0.0721 e. The average molecular weight is 358 g/mol. The van der Waals surface area contributed by atoms with Gasteiger partial charge in [0.15, 0.2) is 0 Å². The second-order valence-electron chi connectivity index (χ2n) is 4.57. The standard InChI is InChI=1S/C14H13ClIN/c15-14-10-4-2-1-3-5-12(10)17-13-7-6-9(16)8-11(13)14/h6-8H,1-5H2. The highest BCUT2D eigenvalue weighted by Gasteiger charge is 2.15. The van der Waals surface area contributed by atoms with E-state index in [0.29, 0.717) is 0 Å². The molecule has 0 N–H and O–H groups in total. The van der Waals surface area contributed by atoms with Crippen LogP contribution < -0.4 is 0 Å². The number of fused-ring (bicyclic) bond motifs is 2. The zero-order valence-electron chi connectivity index (χ0n) is 9.47. The minimum Gasteiger partial charge on any atom is -0.252 e. The van der Waals surface area contributed by atoms with Gasteiger partial charge < -0.3 is 0 Å². The lowest BCUT2D eigenvalue weighted by molar-refractivity contribution is 0.709. The fourth-order valence-electron chi connectivity index (χ4n) is 2.52. The molecule has 0 bridgehead atoms. The molecule has 0 radical (unpaired) electrons. The highest BCUT2D eigenvalue weighted by Crippen LogP contribution is 2.32. The van der Waals surface area contributed by atoms with Crippen LogP contribution in [0.2, 0.25) is 5.02 Å². The molecule has 2 aromatic rings. The summed E-state index contributed by atoms with van der Waals surface area (Å²) >= 11 is 8.88. The molecule has 0 spiro atoms. The predicted molar refractivity (Wildman–Crippen MR) is 80.7 cm³/mol. The molecule has 1 aromatic carbocycles. The molecule has 0 saturated heterocycles. The Labute approximate surface area is 120 Å². The summed E-state index contributed by atoms with van der Waals surface area (Å²) in [5, 5.41) is 2.05. The summed E-state index contributed by atoms with van der Waals surface area (Å²) in [6.45, 7) is 0. The molecule has 88 valence electrons. The molecule has 1 aliphatic carbocycles. The maximum Gasteiger partial charge on any atom is 0.0721 e. The van der Waals surface area contributed by atoms with E-state index in [-0.39, 0.29) is 0 Å². The van der Waals surface area contributed by atoms with E-state index in [1.807, 2.05) is 0 Å². The van der Waals surface area contributed by atoms with Crippen molar-refractivity contribution in [2.75, 3.05) is 0 Å². The Morgan fingerprint density at radius 3 is 2.82 bits per heavy atom. The van der Waals surface area contributed by atoms with E-state index in [1.54, 1.807) is 0 Å². The highest BCUT2D eigenvalue weighted by molar-refractivity contribution is 14.1. The SMILES string of the molecule is Clc1c2c(nc3ccc(I)cc13)CCCCC2. The maximum atomic E-state index is 6.56. The number of hydrogen-bond donors (Lipinski definition) is 0. The van der Waals surface area contributed by atoms with Gasteiger partial charge in [-0.2, -0.15) is 0 Å². The fourth-order valence-corrected chi connectivity index (χ4v) is 3.36. The first-order chi connectivity index (χ1) is 8.25. The summed E-state index contributed by atoms with van der Waals surface area (Å²) in [4.78, 5) is 4.79. The number of nitrogens with zero attached hydrogens (tertiary/aromatic N) is 1. The largest absolute Gasteiger partial charge is 0.252 e. The fraction of sp³-hybridized carbons (Fsp3) is 0.357. The lowest BCUT2D eigenvalue weighted by Crippen LogP contribution is -1.98. The molecule has 0 aliphatic heterocycles. The van der Waals surface area contributed by atoms with Crippen LogP contribution in [0.3, 0.4) is 0 Å². The number of aryl methyl sites for hydroxylation is 1. The molecule has 0 amide bonds. The lowest BCUT2D eigenvalue weighted by Gasteiger charge is -2.10. The molecular weight excluding hydrogens is 345 g/mol. The molecule has 0 fully saturated rings. The van der Waals surface area contributed by atoms with Crippen LogP contribution in [-0.2, 0) is 12.8 Å². The number of aromatic nitrogens is 1. The Morgan fingerprint density at radius 1 is 1.12 bits per heavy atom. The number of rotatable bonds is 0. The number of hydrogen-bond acceptors (Lipinski definition) is 1. The second-order valence-corrected chi connectivity index (χ2v) is 6.20. The van der Waals surface area contributed by atoms with Crippen molar-refractivity contribution in [3.63, 3.8) is 0 Å². The van der Waals surface area contributed by atoms with E-state index in [2.05, 4.69) is 40.8 Å². The minimum atomic E-state index is 0.936. The molecule has 1 aromatic heterocycles. The third kappa shape index (κ3) is 2.17. The zero-order chi connectivity index (χ0) is 11.8. The van der Waals surface area contributed by atoms with Gasteiger partial charge in [0.05, 0.1) is 10.5 Å². The van der Waals surface area contributed by atoms with E-state index < -0.39 is 0 Å². The van der Waals surface area contributed by atoms with Gasteiger partial charge in [-0.1, -0.05) is 18.0 Å². The van der Waals surface area contributed by atoms with Crippen molar-refractivity contribution in [2.45, 2.75) is 32.1 Å². The van der Waals surface area contributed by atoms with Gasteiger partial charge >= 0.3 is 0 Å². The highest BCUT2D eigenvalue weighted by atomic mass is 127. The zero-order valence-corrected chi connectivity index (χ0v) is 12.4. The summed E-state index contributed by atoms with van der Waals surface area (Å²) in [6, 6.07) is 6.31. The van der Waals surface area contributed by atoms with E-state index in [1.165, 1.54) is 34.1 Å². The van der Waals surface area contributed by atoms with Gasteiger partial charge in [0.1, 0.15) is 0 Å². The number of pyridine rings is 1. The quantitative estimate of drug-likeness (QED) is 0.489. The van der Waals surface area contributed by atoms with Crippen molar-refractivity contribution in [3.8, 4) is 0 Å². The van der Waals surface area contributed by atoms with Crippen LogP contribution in [0, 0.1) is 3.57 Å². The van der Waals surface area contributed by atoms with Gasteiger partial charge in [-0.3, -0.25) is 4.98 Å². The molecule has 17 heavy (non-hydrogen) atoms.